The smallest absolute Gasteiger partial charge is 0.232 e. The molecule has 35 heavy (non-hydrogen) atoms. The van der Waals surface area contributed by atoms with Crippen molar-refractivity contribution in [2.45, 2.75) is 115 Å². The average molecular weight is 485 g/mol. The van der Waals surface area contributed by atoms with E-state index in [0.717, 1.165) is 31.6 Å². The molecule has 8 heteroatoms. The summed E-state index contributed by atoms with van der Waals surface area (Å²) in [6.45, 7) is 27.3. The average Bonchev–Trinajstić information content (AvgIpc) is 2.66. The maximum atomic E-state index is 4.96. The van der Waals surface area contributed by atoms with Crippen molar-refractivity contribution >= 4 is 17.8 Å². The molecular formula is C27H48N8. The quantitative estimate of drug-likeness (QED) is 0.381. The molecule has 8 nitrogen and oxygen atoms in total. The zero-order chi connectivity index (χ0) is 26.1. The van der Waals surface area contributed by atoms with E-state index in [1.165, 1.54) is 0 Å². The molecule has 0 aliphatic carbocycles. The Kier molecular flexibility index (Phi) is 7.87. The van der Waals surface area contributed by atoms with E-state index in [2.05, 4.69) is 99.7 Å². The van der Waals surface area contributed by atoms with Gasteiger partial charge in [0.25, 0.3) is 0 Å². The summed E-state index contributed by atoms with van der Waals surface area (Å²) in [7, 11) is 0. The van der Waals surface area contributed by atoms with Crippen molar-refractivity contribution in [2.24, 2.45) is 0 Å². The largest absolute Gasteiger partial charge is 0.351 e. The van der Waals surface area contributed by atoms with Crippen LogP contribution in [0.3, 0.4) is 0 Å². The van der Waals surface area contributed by atoms with Gasteiger partial charge in [-0.25, -0.2) is 0 Å². The third-order valence-corrected chi connectivity index (χ3v) is 6.79. The van der Waals surface area contributed by atoms with Crippen LogP contribution in [0.5, 0.6) is 0 Å². The Bertz CT molecular complexity index is 804. The van der Waals surface area contributed by atoms with E-state index >= 15 is 0 Å². The third-order valence-electron chi connectivity index (χ3n) is 6.79. The van der Waals surface area contributed by atoms with Crippen LogP contribution in [0.25, 0.3) is 0 Å². The highest BCUT2D eigenvalue weighted by molar-refractivity contribution is 5.46. The van der Waals surface area contributed by atoms with Gasteiger partial charge in [0, 0.05) is 47.3 Å². The van der Waals surface area contributed by atoms with Gasteiger partial charge >= 0.3 is 0 Å². The molecular weight excluding hydrogens is 436 g/mol. The van der Waals surface area contributed by atoms with E-state index in [1.807, 2.05) is 12.2 Å². The molecule has 1 aromatic heterocycles. The summed E-state index contributed by atoms with van der Waals surface area (Å²) in [6, 6.07) is 0.579. The summed E-state index contributed by atoms with van der Waals surface area (Å²) in [5, 5.41) is 14.2. The molecule has 3 heterocycles. The molecule has 0 saturated carbocycles. The van der Waals surface area contributed by atoms with E-state index in [1.54, 1.807) is 0 Å². The number of anilines is 3. The van der Waals surface area contributed by atoms with Crippen molar-refractivity contribution in [3.63, 3.8) is 0 Å². The van der Waals surface area contributed by atoms with Crippen molar-refractivity contribution in [1.29, 1.82) is 0 Å². The van der Waals surface area contributed by atoms with Crippen molar-refractivity contribution < 1.29 is 0 Å². The molecule has 0 radical (unpaired) electrons. The monoisotopic (exact) mass is 484 g/mol. The molecule has 2 aliphatic rings. The molecule has 2 aliphatic heterocycles. The first-order chi connectivity index (χ1) is 16.1. The lowest BCUT2D eigenvalue weighted by Gasteiger charge is -2.55. The van der Waals surface area contributed by atoms with E-state index in [4.69, 9.17) is 9.97 Å². The van der Waals surface area contributed by atoms with Crippen molar-refractivity contribution in [3.05, 3.63) is 25.3 Å². The second-order valence-corrected chi connectivity index (χ2v) is 12.9. The molecule has 0 unspecified atom stereocenters. The SMILES string of the molecule is C=CCNc1nc(NCC=C)nc(N(C2CC(C)(C)NC(C)(C)C2)C2CC(C)(C)NC(C)(C)C2)n1. The zero-order valence-corrected chi connectivity index (χ0v) is 23.3. The van der Waals surface area contributed by atoms with Crippen molar-refractivity contribution in [1.82, 2.24) is 25.6 Å². The lowest BCUT2D eigenvalue weighted by atomic mass is 9.75. The molecule has 0 aromatic carbocycles. The van der Waals surface area contributed by atoms with Crippen LogP contribution in [-0.2, 0) is 0 Å². The fourth-order valence-electron chi connectivity index (χ4n) is 6.52. The Morgan fingerprint density at radius 2 is 1.06 bits per heavy atom. The Balaban J connectivity index is 2.12. The molecule has 4 N–H and O–H groups in total. The van der Waals surface area contributed by atoms with Gasteiger partial charge in [-0.1, -0.05) is 12.2 Å². The van der Waals surface area contributed by atoms with Crippen LogP contribution in [0.4, 0.5) is 17.8 Å². The molecule has 2 saturated heterocycles. The van der Waals surface area contributed by atoms with Crippen LogP contribution in [0.1, 0.15) is 81.1 Å². The van der Waals surface area contributed by atoms with Crippen LogP contribution in [-0.4, -0.2) is 62.3 Å². The molecule has 1 aromatic rings. The van der Waals surface area contributed by atoms with Gasteiger partial charge in [0.1, 0.15) is 0 Å². The molecule has 3 rings (SSSR count). The third kappa shape index (κ3) is 7.40. The Morgan fingerprint density at radius 3 is 1.37 bits per heavy atom. The van der Waals surface area contributed by atoms with Gasteiger partial charge in [-0.15, -0.1) is 13.2 Å². The number of nitrogens with one attached hydrogen (secondary N) is 4. The number of hydrogen-bond acceptors (Lipinski definition) is 8. The summed E-state index contributed by atoms with van der Waals surface area (Å²) in [4.78, 5) is 17.0. The highest BCUT2D eigenvalue weighted by Gasteiger charge is 2.46. The maximum Gasteiger partial charge on any atom is 0.232 e. The number of nitrogens with zero attached hydrogens (tertiary/aromatic N) is 4. The topological polar surface area (TPSA) is 90.0 Å². The number of rotatable bonds is 9. The highest BCUT2D eigenvalue weighted by atomic mass is 15.4. The van der Waals surface area contributed by atoms with E-state index in [9.17, 15) is 0 Å². The van der Waals surface area contributed by atoms with Gasteiger partial charge in [-0.3, -0.25) is 0 Å². The van der Waals surface area contributed by atoms with Crippen LogP contribution >= 0.6 is 0 Å². The predicted molar refractivity (Wildman–Crippen MR) is 148 cm³/mol. The normalized spacial score (nSPS) is 23.3. The summed E-state index contributed by atoms with van der Waals surface area (Å²) >= 11 is 0. The minimum atomic E-state index is 0.00346. The van der Waals surface area contributed by atoms with Crippen molar-refractivity contribution in [3.8, 4) is 0 Å². The predicted octanol–water partition coefficient (Wildman–Crippen LogP) is 4.49. The molecule has 0 bridgehead atoms. The fourth-order valence-corrected chi connectivity index (χ4v) is 6.52. The first-order valence-corrected chi connectivity index (χ1v) is 13.0. The maximum absolute atomic E-state index is 4.96. The lowest BCUT2D eigenvalue weighted by Crippen LogP contribution is -2.67. The van der Waals surface area contributed by atoms with Crippen LogP contribution < -0.4 is 26.2 Å². The van der Waals surface area contributed by atoms with E-state index < -0.39 is 0 Å². The summed E-state index contributed by atoms with van der Waals surface area (Å²) < 4.78 is 0. The standard InChI is InChI=1S/C27H48N8/c1-11-13-28-21-30-22(29-14-12-2)32-23(31-21)35(19-15-24(3,4)33-25(5,6)16-19)20-17-26(7,8)34-27(9,10)18-20/h11-12,19-20,33-34H,1-2,13-18H2,3-10H3,(H2,28,29,30,31,32). The first kappa shape index (κ1) is 27.4. The van der Waals surface area contributed by atoms with Gasteiger partial charge < -0.3 is 26.2 Å². The molecule has 0 atom stereocenters. The van der Waals surface area contributed by atoms with Crippen molar-refractivity contribution in [2.75, 3.05) is 28.6 Å². The van der Waals surface area contributed by atoms with Crippen LogP contribution in [0.2, 0.25) is 0 Å². The number of piperidine rings is 2. The minimum absolute atomic E-state index is 0.00346. The van der Waals surface area contributed by atoms with E-state index in [-0.39, 0.29) is 34.2 Å². The lowest BCUT2D eigenvalue weighted by molar-refractivity contribution is 0.123. The second-order valence-electron chi connectivity index (χ2n) is 12.9. The highest BCUT2D eigenvalue weighted by Crippen LogP contribution is 2.39. The molecule has 196 valence electrons. The van der Waals surface area contributed by atoms with Crippen LogP contribution in [0.15, 0.2) is 25.3 Å². The summed E-state index contributed by atoms with van der Waals surface area (Å²) in [5.41, 5.74) is 0.0138. The van der Waals surface area contributed by atoms with Gasteiger partial charge in [-0.2, -0.15) is 15.0 Å². The van der Waals surface area contributed by atoms with Gasteiger partial charge in [0.2, 0.25) is 17.8 Å². The molecule has 0 amide bonds. The number of hydrogen-bond donors (Lipinski definition) is 4. The fraction of sp³-hybridized carbons (Fsp3) is 0.741. The minimum Gasteiger partial charge on any atom is -0.351 e. The zero-order valence-electron chi connectivity index (χ0n) is 23.3. The van der Waals surface area contributed by atoms with E-state index in [0.29, 0.717) is 25.0 Å². The Labute approximate surface area is 212 Å². The molecule has 0 spiro atoms. The summed E-state index contributed by atoms with van der Waals surface area (Å²) in [5.74, 6) is 1.85. The second kappa shape index (κ2) is 10.1. The number of aromatic nitrogens is 3. The van der Waals surface area contributed by atoms with Gasteiger partial charge in [0.15, 0.2) is 0 Å². The van der Waals surface area contributed by atoms with Gasteiger partial charge in [0.05, 0.1) is 0 Å². The van der Waals surface area contributed by atoms with Gasteiger partial charge in [-0.05, 0) is 81.1 Å². The summed E-state index contributed by atoms with van der Waals surface area (Å²) in [6.07, 6.45) is 7.67. The Hall–Kier alpha value is -2.19. The van der Waals surface area contributed by atoms with Crippen LogP contribution in [0, 0.1) is 0 Å². The molecule has 2 fully saturated rings. The first-order valence-electron chi connectivity index (χ1n) is 13.0. The Morgan fingerprint density at radius 1 is 0.714 bits per heavy atom.